The van der Waals surface area contributed by atoms with Gasteiger partial charge in [-0.15, -0.1) is 0 Å². The van der Waals surface area contributed by atoms with E-state index in [0.717, 1.165) is 32.1 Å². The molecular weight excluding hydrogens is 638 g/mol. The summed E-state index contributed by atoms with van der Waals surface area (Å²) in [6.07, 6.45) is 24.1. The number of amides is 1. The number of aliphatic hydroxyl groups excluding tert-OH is 6. The first kappa shape index (κ1) is 46.7. The van der Waals surface area contributed by atoms with E-state index in [-0.39, 0.29) is 6.61 Å². The highest BCUT2D eigenvalue weighted by molar-refractivity contribution is 5.80. The Balaban J connectivity index is 2.54. The van der Waals surface area contributed by atoms with Gasteiger partial charge in [0.25, 0.3) is 0 Å². The SMILES string of the molecule is CCCCCCCCC/C=C/CC/C=C/[C@@H](O)C(CO[C@H]1O[C@H](CO)[C@@H](O)[C@H](O)[C@H]1O)NC(=O)[C@H](O)CCCCCCCCCCCCCC. The molecule has 0 aromatic carbocycles. The molecule has 1 saturated heterocycles. The van der Waals surface area contributed by atoms with Crippen LogP contribution in [0.4, 0.5) is 0 Å². The third-order valence-electron chi connectivity index (χ3n) is 9.64. The van der Waals surface area contributed by atoms with Crippen LogP contribution < -0.4 is 5.32 Å². The van der Waals surface area contributed by atoms with Crippen LogP contribution in [0.3, 0.4) is 0 Å². The maximum atomic E-state index is 12.9. The van der Waals surface area contributed by atoms with Crippen molar-refractivity contribution >= 4 is 5.91 Å². The van der Waals surface area contributed by atoms with Gasteiger partial charge in [-0.3, -0.25) is 4.79 Å². The summed E-state index contributed by atoms with van der Waals surface area (Å²) in [5.41, 5.74) is 0. The fourth-order valence-electron chi connectivity index (χ4n) is 6.24. The van der Waals surface area contributed by atoms with Gasteiger partial charge in [0.05, 0.1) is 25.4 Å². The number of allylic oxidation sites excluding steroid dienone is 3. The van der Waals surface area contributed by atoms with E-state index in [0.29, 0.717) is 19.3 Å². The number of aliphatic hydroxyl groups is 6. The number of carbonyl (C=O) groups excluding carboxylic acids is 1. The number of unbranched alkanes of at least 4 members (excludes halogenated alkanes) is 19. The Labute approximate surface area is 303 Å². The first-order valence-corrected chi connectivity index (χ1v) is 20.2. The van der Waals surface area contributed by atoms with Crippen LogP contribution in [-0.4, -0.2) is 98.7 Å². The van der Waals surface area contributed by atoms with Crippen molar-refractivity contribution in [3.05, 3.63) is 24.3 Å². The zero-order valence-electron chi connectivity index (χ0n) is 31.5. The molecule has 294 valence electrons. The summed E-state index contributed by atoms with van der Waals surface area (Å²) in [6, 6.07) is -0.990. The Morgan fingerprint density at radius 1 is 0.680 bits per heavy atom. The van der Waals surface area contributed by atoms with Gasteiger partial charge in [-0.25, -0.2) is 0 Å². The zero-order valence-corrected chi connectivity index (χ0v) is 31.5. The Morgan fingerprint density at radius 2 is 1.18 bits per heavy atom. The smallest absolute Gasteiger partial charge is 0.249 e. The summed E-state index contributed by atoms with van der Waals surface area (Å²) in [5, 5.41) is 64.3. The second-order valence-corrected chi connectivity index (χ2v) is 14.2. The molecule has 1 amide bonds. The minimum absolute atomic E-state index is 0.306. The van der Waals surface area contributed by atoms with Crippen LogP contribution >= 0.6 is 0 Å². The standard InChI is InChI=1S/C40H75NO9/c1-3-5-7-9-11-13-15-17-19-20-22-24-26-28-33(43)32(31-49-40-38(47)37(46)36(45)35(30-42)50-40)41-39(48)34(44)29-27-25-23-21-18-16-14-12-10-8-6-4-2/h19-20,26,28,32-38,40,42-47H,3-18,21-25,27,29-31H2,1-2H3,(H,41,48)/b20-19+,28-26+/t32?,33-,34-,35-,36-,37+,38-,40+/m1/s1. The number of hydrogen-bond acceptors (Lipinski definition) is 9. The van der Waals surface area contributed by atoms with Gasteiger partial charge in [0.15, 0.2) is 6.29 Å². The molecule has 0 aromatic rings. The van der Waals surface area contributed by atoms with Crippen molar-refractivity contribution in [2.24, 2.45) is 0 Å². The molecule has 1 fully saturated rings. The maximum Gasteiger partial charge on any atom is 0.249 e. The van der Waals surface area contributed by atoms with E-state index in [2.05, 4.69) is 31.3 Å². The molecule has 0 saturated carbocycles. The lowest BCUT2D eigenvalue weighted by molar-refractivity contribution is -0.302. The van der Waals surface area contributed by atoms with Gasteiger partial charge in [0, 0.05) is 0 Å². The van der Waals surface area contributed by atoms with Crippen molar-refractivity contribution in [3.63, 3.8) is 0 Å². The number of hydrogen-bond donors (Lipinski definition) is 7. The first-order chi connectivity index (χ1) is 24.3. The van der Waals surface area contributed by atoms with E-state index >= 15 is 0 Å². The van der Waals surface area contributed by atoms with Crippen LogP contribution in [0.1, 0.15) is 162 Å². The predicted octanol–water partition coefficient (Wildman–Crippen LogP) is 6.13. The van der Waals surface area contributed by atoms with Gasteiger partial charge in [0.1, 0.15) is 30.5 Å². The van der Waals surface area contributed by atoms with E-state index in [1.807, 2.05) is 6.08 Å². The Morgan fingerprint density at radius 3 is 1.74 bits per heavy atom. The number of rotatable bonds is 32. The average molecular weight is 714 g/mol. The minimum atomic E-state index is -1.61. The molecule has 10 nitrogen and oxygen atoms in total. The van der Waals surface area contributed by atoms with Crippen LogP contribution in [0.25, 0.3) is 0 Å². The summed E-state index contributed by atoms with van der Waals surface area (Å²) in [5.74, 6) is -0.628. The van der Waals surface area contributed by atoms with E-state index in [4.69, 9.17) is 9.47 Å². The molecule has 1 rings (SSSR count). The zero-order chi connectivity index (χ0) is 36.8. The van der Waals surface area contributed by atoms with Crippen LogP contribution in [0, 0.1) is 0 Å². The summed E-state index contributed by atoms with van der Waals surface area (Å²) < 4.78 is 11.1. The van der Waals surface area contributed by atoms with Gasteiger partial charge in [-0.1, -0.05) is 154 Å². The minimum Gasteiger partial charge on any atom is -0.394 e. The van der Waals surface area contributed by atoms with Gasteiger partial charge in [0.2, 0.25) is 5.91 Å². The number of carbonyl (C=O) groups is 1. The molecule has 0 radical (unpaired) electrons. The topological polar surface area (TPSA) is 169 Å². The molecule has 0 aromatic heterocycles. The molecule has 1 aliphatic heterocycles. The molecular formula is C40H75NO9. The normalized spacial score (nSPS) is 23.1. The Bertz CT molecular complexity index is 855. The van der Waals surface area contributed by atoms with Crippen molar-refractivity contribution in [3.8, 4) is 0 Å². The monoisotopic (exact) mass is 714 g/mol. The Kier molecular flexibility index (Phi) is 29.1. The van der Waals surface area contributed by atoms with Gasteiger partial charge in [-0.2, -0.15) is 0 Å². The molecule has 0 bridgehead atoms. The second-order valence-electron chi connectivity index (χ2n) is 14.2. The van der Waals surface area contributed by atoms with Crippen molar-refractivity contribution in [2.45, 2.75) is 210 Å². The number of ether oxygens (including phenoxy) is 2. The lowest BCUT2D eigenvalue weighted by Crippen LogP contribution is -2.60. The molecule has 1 aliphatic rings. The lowest BCUT2D eigenvalue weighted by Gasteiger charge is -2.40. The van der Waals surface area contributed by atoms with Crippen molar-refractivity contribution in [1.82, 2.24) is 5.32 Å². The highest BCUT2D eigenvalue weighted by atomic mass is 16.7. The highest BCUT2D eigenvalue weighted by Crippen LogP contribution is 2.22. The van der Waals surface area contributed by atoms with E-state index in [9.17, 15) is 35.4 Å². The van der Waals surface area contributed by atoms with Crippen LogP contribution in [-0.2, 0) is 14.3 Å². The van der Waals surface area contributed by atoms with Crippen molar-refractivity contribution in [2.75, 3.05) is 13.2 Å². The molecule has 0 spiro atoms. The largest absolute Gasteiger partial charge is 0.394 e. The summed E-state index contributed by atoms with van der Waals surface area (Å²) in [4.78, 5) is 12.9. The van der Waals surface area contributed by atoms with Crippen LogP contribution in [0.15, 0.2) is 24.3 Å². The number of nitrogens with one attached hydrogen (secondary N) is 1. The van der Waals surface area contributed by atoms with Gasteiger partial charge >= 0.3 is 0 Å². The molecule has 50 heavy (non-hydrogen) atoms. The summed E-state index contributed by atoms with van der Waals surface area (Å²) in [7, 11) is 0. The third kappa shape index (κ3) is 21.9. The van der Waals surface area contributed by atoms with Crippen molar-refractivity contribution < 1.29 is 44.9 Å². The molecule has 0 aliphatic carbocycles. The van der Waals surface area contributed by atoms with E-state index < -0.39 is 61.5 Å². The van der Waals surface area contributed by atoms with Gasteiger partial charge in [-0.05, 0) is 32.1 Å². The van der Waals surface area contributed by atoms with E-state index in [1.54, 1.807) is 6.08 Å². The third-order valence-corrected chi connectivity index (χ3v) is 9.64. The fraction of sp³-hybridized carbons (Fsp3) is 0.875. The summed E-state index contributed by atoms with van der Waals surface area (Å²) >= 11 is 0. The molecule has 10 heteroatoms. The van der Waals surface area contributed by atoms with Crippen LogP contribution in [0.5, 0.6) is 0 Å². The maximum absolute atomic E-state index is 12.9. The molecule has 8 atom stereocenters. The average Bonchev–Trinajstić information content (AvgIpc) is 3.11. The quantitative estimate of drug-likeness (QED) is 0.0320. The van der Waals surface area contributed by atoms with E-state index in [1.165, 1.54) is 96.3 Å². The molecule has 1 unspecified atom stereocenters. The van der Waals surface area contributed by atoms with Crippen molar-refractivity contribution in [1.29, 1.82) is 0 Å². The molecule has 7 N–H and O–H groups in total. The van der Waals surface area contributed by atoms with Crippen LogP contribution in [0.2, 0.25) is 0 Å². The second kappa shape index (κ2) is 31.2. The summed E-state index contributed by atoms with van der Waals surface area (Å²) in [6.45, 7) is 3.54. The molecule has 1 heterocycles. The highest BCUT2D eigenvalue weighted by Gasteiger charge is 2.44. The van der Waals surface area contributed by atoms with Gasteiger partial charge < -0.3 is 45.4 Å². The Hall–Kier alpha value is -1.37. The first-order valence-electron chi connectivity index (χ1n) is 20.2. The lowest BCUT2D eigenvalue weighted by atomic mass is 9.99. The fourth-order valence-corrected chi connectivity index (χ4v) is 6.24. The predicted molar refractivity (Wildman–Crippen MR) is 199 cm³/mol.